The number of thiophene rings is 1. The van der Waals surface area contributed by atoms with Crippen LogP contribution < -0.4 is 11.5 Å². The van der Waals surface area contributed by atoms with Gasteiger partial charge in [0.25, 0.3) is 12.3 Å². The van der Waals surface area contributed by atoms with Gasteiger partial charge < -0.3 is 16.4 Å². The summed E-state index contributed by atoms with van der Waals surface area (Å²) in [5.74, 6) is -2.18. The molecule has 1 aliphatic heterocycles. The van der Waals surface area contributed by atoms with Crippen molar-refractivity contribution < 1.29 is 22.4 Å². The molecule has 0 radical (unpaired) electrons. The topological polar surface area (TPSA) is 109 Å². The molecular formula is C26H19F4N5OS. The van der Waals surface area contributed by atoms with Crippen molar-refractivity contribution in [2.75, 3.05) is 18.0 Å². The number of alkyl halides is 2. The molecule has 5 rings (SSSR count). The summed E-state index contributed by atoms with van der Waals surface area (Å²) in [6.45, 7) is 1.81. The number of aromatic nitrogens is 1. The van der Waals surface area contributed by atoms with Crippen molar-refractivity contribution in [1.29, 1.82) is 5.26 Å². The van der Waals surface area contributed by atoms with E-state index >= 15 is 4.39 Å². The summed E-state index contributed by atoms with van der Waals surface area (Å²) >= 11 is 0.785. The van der Waals surface area contributed by atoms with Gasteiger partial charge in [-0.15, -0.1) is 11.3 Å². The molecule has 0 unspecified atom stereocenters. The Morgan fingerprint density at radius 1 is 1.16 bits per heavy atom. The lowest BCUT2D eigenvalue weighted by atomic mass is 9.85. The van der Waals surface area contributed by atoms with Crippen molar-refractivity contribution in [3.63, 3.8) is 0 Å². The molecule has 1 atom stereocenters. The highest BCUT2D eigenvalue weighted by molar-refractivity contribution is 7.23. The van der Waals surface area contributed by atoms with E-state index in [9.17, 15) is 23.2 Å². The number of halogens is 4. The van der Waals surface area contributed by atoms with E-state index in [2.05, 4.69) is 4.98 Å². The average Bonchev–Trinajstić information content (AvgIpc) is 3.21. The number of pyridine rings is 1. The summed E-state index contributed by atoms with van der Waals surface area (Å²) in [4.78, 5) is 18.9. The number of carbonyl (C=O) groups is 1. The number of nitrogen functional groups attached to an aromatic ring is 2. The van der Waals surface area contributed by atoms with Crippen LogP contribution in [0.4, 0.5) is 28.4 Å². The van der Waals surface area contributed by atoms with Crippen LogP contribution in [0.25, 0.3) is 21.2 Å². The quantitative estimate of drug-likeness (QED) is 0.319. The number of hydrogen-bond donors (Lipinski definition) is 2. The van der Waals surface area contributed by atoms with Crippen LogP contribution in [0.3, 0.4) is 0 Å². The third-order valence-electron chi connectivity index (χ3n) is 6.73. The lowest BCUT2D eigenvalue weighted by Crippen LogP contribution is -2.40. The van der Waals surface area contributed by atoms with Crippen LogP contribution in [0, 0.1) is 23.0 Å². The summed E-state index contributed by atoms with van der Waals surface area (Å²) in [6.07, 6.45) is -1.61. The third-order valence-corrected chi connectivity index (χ3v) is 7.76. The zero-order chi connectivity index (χ0) is 26.6. The fraction of sp³-hybridized carbons (Fsp3) is 0.192. The van der Waals surface area contributed by atoms with E-state index in [-0.39, 0.29) is 56.1 Å². The Morgan fingerprint density at radius 2 is 1.92 bits per heavy atom. The smallest absolute Gasteiger partial charge is 0.264 e. The number of carbonyl (C=O) groups excluding carboxylic acids is 1. The number of rotatable bonds is 4. The second kappa shape index (κ2) is 9.05. The van der Waals surface area contributed by atoms with Crippen LogP contribution in [-0.4, -0.2) is 22.3 Å². The van der Waals surface area contributed by atoms with E-state index in [1.807, 2.05) is 6.07 Å². The molecule has 3 heterocycles. The number of hydrogen-bond acceptors (Lipinski definition) is 6. The Labute approximate surface area is 212 Å². The SMILES string of the molecule is C[C@@H](c1cccnc1N)N1CCc2c(cc(F)c(-c3ccc(F)c4sc(N)c(C#N)c34)c2C(F)F)C1=O. The molecule has 0 spiro atoms. The van der Waals surface area contributed by atoms with E-state index in [1.165, 1.54) is 11.1 Å². The van der Waals surface area contributed by atoms with Crippen molar-refractivity contribution in [2.24, 2.45) is 0 Å². The van der Waals surface area contributed by atoms with Gasteiger partial charge in [-0.1, -0.05) is 12.1 Å². The number of nitriles is 1. The molecule has 0 bridgehead atoms. The number of nitrogens with zero attached hydrogens (tertiary/aromatic N) is 3. The molecule has 2 aromatic carbocycles. The van der Waals surface area contributed by atoms with Gasteiger partial charge in [0, 0.05) is 40.4 Å². The van der Waals surface area contributed by atoms with Crippen LogP contribution in [0.5, 0.6) is 0 Å². The van der Waals surface area contributed by atoms with Crippen molar-refractivity contribution in [3.05, 3.63) is 76.0 Å². The van der Waals surface area contributed by atoms with Gasteiger partial charge in [0.1, 0.15) is 28.5 Å². The summed E-state index contributed by atoms with van der Waals surface area (Å²) in [5.41, 5.74) is 10.9. The molecule has 2 aromatic heterocycles. The van der Waals surface area contributed by atoms with E-state index < -0.39 is 41.1 Å². The Hall–Kier alpha value is -4.17. The van der Waals surface area contributed by atoms with Crippen LogP contribution in [0.15, 0.2) is 36.5 Å². The van der Waals surface area contributed by atoms with Crippen LogP contribution in [-0.2, 0) is 6.42 Å². The molecule has 188 valence electrons. The maximum atomic E-state index is 15.7. The molecule has 11 heteroatoms. The second-order valence-corrected chi connectivity index (χ2v) is 9.68. The largest absolute Gasteiger partial charge is 0.389 e. The summed E-state index contributed by atoms with van der Waals surface area (Å²) in [5, 5.41) is 9.55. The highest BCUT2D eigenvalue weighted by atomic mass is 32.1. The van der Waals surface area contributed by atoms with Gasteiger partial charge in [-0.25, -0.2) is 22.5 Å². The zero-order valence-corrected chi connectivity index (χ0v) is 20.2. The molecule has 0 fully saturated rings. The normalized spacial score (nSPS) is 14.2. The predicted molar refractivity (Wildman–Crippen MR) is 133 cm³/mol. The number of amides is 1. The van der Waals surface area contributed by atoms with Crippen molar-refractivity contribution >= 4 is 38.1 Å². The molecule has 0 saturated heterocycles. The van der Waals surface area contributed by atoms with Crippen LogP contribution in [0.1, 0.15) is 52.0 Å². The molecule has 4 N–H and O–H groups in total. The zero-order valence-electron chi connectivity index (χ0n) is 19.4. The average molecular weight is 526 g/mol. The first-order chi connectivity index (χ1) is 17.6. The number of nitrogens with two attached hydrogens (primary N) is 2. The van der Waals surface area contributed by atoms with Crippen LogP contribution >= 0.6 is 11.3 Å². The standard InChI is InChI=1S/C26H19F4N5OS/c1-11(12-3-2-7-34-24(12)32)35-8-6-13-15(26(35)36)9-18(28)20(21(13)23(29)30)14-4-5-17(27)22-19(14)16(10-31)25(33)37-22/h2-5,7,9,11,23H,6,8,33H2,1H3,(H2,32,34)/t11-/m0/s1. The lowest BCUT2D eigenvalue weighted by molar-refractivity contribution is 0.0669. The third kappa shape index (κ3) is 3.76. The van der Waals surface area contributed by atoms with E-state index in [1.54, 1.807) is 19.1 Å². The lowest BCUT2D eigenvalue weighted by Gasteiger charge is -2.35. The molecule has 37 heavy (non-hydrogen) atoms. The number of anilines is 2. The fourth-order valence-electron chi connectivity index (χ4n) is 5.00. The van der Waals surface area contributed by atoms with E-state index in [0.29, 0.717) is 5.56 Å². The van der Waals surface area contributed by atoms with Gasteiger partial charge in [0.2, 0.25) is 0 Å². The predicted octanol–water partition coefficient (Wildman–Crippen LogP) is 5.97. The van der Waals surface area contributed by atoms with Gasteiger partial charge in [-0.05, 0) is 42.7 Å². The molecule has 6 nitrogen and oxygen atoms in total. The van der Waals surface area contributed by atoms with E-state index in [0.717, 1.165) is 29.5 Å². The molecule has 4 aromatic rings. The molecular weight excluding hydrogens is 506 g/mol. The van der Waals surface area contributed by atoms with Crippen molar-refractivity contribution in [3.8, 4) is 17.2 Å². The Bertz CT molecular complexity index is 1630. The highest BCUT2D eigenvalue weighted by Gasteiger charge is 2.36. The molecule has 0 saturated carbocycles. The van der Waals surface area contributed by atoms with Gasteiger partial charge >= 0.3 is 0 Å². The summed E-state index contributed by atoms with van der Waals surface area (Å²) in [6, 6.07) is 7.83. The van der Waals surface area contributed by atoms with Crippen molar-refractivity contribution in [1.82, 2.24) is 9.88 Å². The maximum absolute atomic E-state index is 15.7. The van der Waals surface area contributed by atoms with Crippen molar-refractivity contribution in [2.45, 2.75) is 25.8 Å². The number of benzene rings is 2. The minimum absolute atomic E-state index is 0.00435. The summed E-state index contributed by atoms with van der Waals surface area (Å²) < 4.78 is 59.3. The monoisotopic (exact) mass is 525 g/mol. The Balaban J connectivity index is 1.71. The summed E-state index contributed by atoms with van der Waals surface area (Å²) in [7, 11) is 0. The molecule has 1 aliphatic rings. The van der Waals surface area contributed by atoms with Gasteiger partial charge in [-0.3, -0.25) is 4.79 Å². The molecule has 0 aliphatic carbocycles. The number of fused-ring (bicyclic) bond motifs is 2. The van der Waals surface area contributed by atoms with Gasteiger partial charge in [-0.2, -0.15) is 5.26 Å². The van der Waals surface area contributed by atoms with E-state index in [4.69, 9.17) is 11.5 Å². The molecule has 1 amide bonds. The first-order valence-electron chi connectivity index (χ1n) is 11.2. The minimum atomic E-state index is -3.15. The van der Waals surface area contributed by atoms with Crippen LogP contribution in [0.2, 0.25) is 0 Å². The fourth-order valence-corrected chi connectivity index (χ4v) is 5.95. The minimum Gasteiger partial charge on any atom is -0.389 e. The van der Waals surface area contributed by atoms with Gasteiger partial charge in [0.05, 0.1) is 16.3 Å². The van der Waals surface area contributed by atoms with Gasteiger partial charge in [0.15, 0.2) is 0 Å². The Kier molecular flexibility index (Phi) is 6.00. The Morgan fingerprint density at radius 3 is 2.59 bits per heavy atom. The highest BCUT2D eigenvalue weighted by Crippen LogP contribution is 2.46. The maximum Gasteiger partial charge on any atom is 0.264 e. The second-order valence-electron chi connectivity index (χ2n) is 8.63. The first kappa shape index (κ1) is 24.5. The first-order valence-corrected chi connectivity index (χ1v) is 12.0.